The molecule has 0 aliphatic rings. The van der Waals surface area contributed by atoms with Crippen LogP contribution in [-0.4, -0.2) is 37.2 Å². The van der Waals surface area contributed by atoms with Crippen molar-refractivity contribution in [3.63, 3.8) is 0 Å². The molecular weight excluding hydrogens is 757 g/mol. The van der Waals surface area contributed by atoms with Crippen molar-refractivity contribution in [2.24, 2.45) is 0 Å². The molecule has 350 valence electrons. The summed E-state index contributed by atoms with van der Waals surface area (Å²) >= 11 is 0. The summed E-state index contributed by atoms with van der Waals surface area (Å²) in [6, 6.07) is 0. The summed E-state index contributed by atoms with van der Waals surface area (Å²) in [5, 5.41) is 0. The lowest BCUT2D eigenvalue weighted by molar-refractivity contribution is -0.167. The topological polar surface area (TPSA) is 78.9 Å². The minimum atomic E-state index is -0.798. The number of rotatable bonds is 45. The van der Waals surface area contributed by atoms with E-state index in [1.165, 1.54) is 89.9 Å². The molecule has 0 aromatic rings. The molecule has 0 heterocycles. The minimum Gasteiger partial charge on any atom is -0.462 e. The van der Waals surface area contributed by atoms with E-state index in [1.54, 1.807) is 0 Å². The van der Waals surface area contributed by atoms with E-state index in [2.05, 4.69) is 75.5 Å². The fourth-order valence-corrected chi connectivity index (χ4v) is 6.91. The molecule has 6 nitrogen and oxygen atoms in total. The highest BCUT2D eigenvalue weighted by molar-refractivity contribution is 5.71. The molecule has 0 aromatic carbocycles. The van der Waals surface area contributed by atoms with Crippen molar-refractivity contribution >= 4 is 17.9 Å². The van der Waals surface area contributed by atoms with Gasteiger partial charge in [0.25, 0.3) is 0 Å². The van der Waals surface area contributed by atoms with Crippen LogP contribution in [0.25, 0.3) is 0 Å². The summed E-state index contributed by atoms with van der Waals surface area (Å²) in [4.78, 5) is 37.9. The van der Waals surface area contributed by atoms with Crippen LogP contribution in [0.5, 0.6) is 0 Å². The highest BCUT2D eigenvalue weighted by atomic mass is 16.6. The van der Waals surface area contributed by atoms with Gasteiger partial charge in [-0.3, -0.25) is 14.4 Å². The Morgan fingerprint density at radius 3 is 1.07 bits per heavy atom. The number of carbonyl (C=O) groups is 3. The van der Waals surface area contributed by atoms with Gasteiger partial charge in [0.15, 0.2) is 6.10 Å². The molecule has 0 radical (unpaired) electrons. The maximum atomic E-state index is 12.8. The molecule has 0 aliphatic carbocycles. The molecule has 0 fully saturated rings. The maximum absolute atomic E-state index is 12.8. The SMILES string of the molecule is CC\C=C/C=C\C=C/C=C\CCCCCCCC(=O)OCC(COC(=O)CCCCC/C=C\CCCCCCCCC)OC(=O)CCCCC/C=C\CCCCCCCCC. The van der Waals surface area contributed by atoms with Crippen LogP contribution >= 0.6 is 0 Å². The molecule has 6 heteroatoms. The molecule has 0 aromatic heterocycles. The predicted molar refractivity (Wildman–Crippen MR) is 261 cm³/mol. The van der Waals surface area contributed by atoms with Gasteiger partial charge in [-0.2, -0.15) is 0 Å². The largest absolute Gasteiger partial charge is 0.462 e. The summed E-state index contributed by atoms with van der Waals surface area (Å²) in [6.07, 6.45) is 61.7. The first-order valence-corrected chi connectivity index (χ1v) is 25.5. The Labute approximate surface area is 376 Å². The molecule has 0 amide bonds. The molecule has 0 bridgehead atoms. The molecule has 0 N–H and O–H groups in total. The molecule has 1 unspecified atom stereocenters. The lowest BCUT2D eigenvalue weighted by Gasteiger charge is -2.18. The van der Waals surface area contributed by atoms with E-state index < -0.39 is 6.10 Å². The van der Waals surface area contributed by atoms with E-state index in [-0.39, 0.29) is 31.1 Å². The Hall–Kier alpha value is -3.15. The monoisotopic (exact) mass is 851 g/mol. The van der Waals surface area contributed by atoms with Gasteiger partial charge in [-0.25, -0.2) is 0 Å². The Balaban J connectivity index is 4.47. The number of allylic oxidation sites excluding steroid dienone is 12. The zero-order valence-electron chi connectivity index (χ0n) is 39.9. The van der Waals surface area contributed by atoms with Gasteiger partial charge in [0.1, 0.15) is 13.2 Å². The van der Waals surface area contributed by atoms with E-state index in [0.29, 0.717) is 19.3 Å². The number of carbonyl (C=O) groups excluding carboxylic acids is 3. The number of hydrogen-bond acceptors (Lipinski definition) is 6. The number of esters is 3. The molecule has 0 spiro atoms. The zero-order chi connectivity index (χ0) is 44.4. The maximum Gasteiger partial charge on any atom is 0.306 e. The molecule has 61 heavy (non-hydrogen) atoms. The van der Waals surface area contributed by atoms with E-state index in [1.807, 2.05) is 18.2 Å². The van der Waals surface area contributed by atoms with Crippen molar-refractivity contribution < 1.29 is 28.6 Å². The van der Waals surface area contributed by atoms with Crippen molar-refractivity contribution in [3.05, 3.63) is 72.9 Å². The van der Waals surface area contributed by atoms with Crippen LogP contribution < -0.4 is 0 Å². The summed E-state index contributed by atoms with van der Waals surface area (Å²) in [5.74, 6) is -0.951. The first kappa shape index (κ1) is 57.9. The normalized spacial score (nSPS) is 12.6. The third kappa shape index (κ3) is 47.7. The number of hydrogen-bond donors (Lipinski definition) is 0. The first-order chi connectivity index (χ1) is 30.0. The number of ether oxygens (including phenoxy) is 3. The smallest absolute Gasteiger partial charge is 0.306 e. The highest BCUT2D eigenvalue weighted by Gasteiger charge is 2.19. The third-order valence-corrected chi connectivity index (χ3v) is 10.8. The van der Waals surface area contributed by atoms with Crippen molar-refractivity contribution in [1.29, 1.82) is 0 Å². The van der Waals surface area contributed by atoms with Crippen LogP contribution in [0.1, 0.15) is 239 Å². The van der Waals surface area contributed by atoms with Gasteiger partial charge in [-0.1, -0.05) is 203 Å². The van der Waals surface area contributed by atoms with Crippen LogP contribution in [-0.2, 0) is 28.6 Å². The highest BCUT2D eigenvalue weighted by Crippen LogP contribution is 2.13. The Morgan fingerprint density at radius 1 is 0.344 bits per heavy atom. The average Bonchev–Trinajstić information content (AvgIpc) is 3.26. The summed E-state index contributed by atoms with van der Waals surface area (Å²) < 4.78 is 16.7. The van der Waals surface area contributed by atoms with Crippen molar-refractivity contribution in [3.8, 4) is 0 Å². The second-order valence-corrected chi connectivity index (χ2v) is 16.8. The van der Waals surface area contributed by atoms with Gasteiger partial charge in [0.05, 0.1) is 0 Å². The minimum absolute atomic E-state index is 0.0973. The van der Waals surface area contributed by atoms with Crippen molar-refractivity contribution in [2.45, 2.75) is 245 Å². The summed E-state index contributed by atoms with van der Waals surface area (Å²) in [5.41, 5.74) is 0. The quantitative estimate of drug-likeness (QED) is 0.0200. The molecule has 0 aliphatic heterocycles. The van der Waals surface area contributed by atoms with E-state index in [4.69, 9.17) is 14.2 Å². The molecule has 0 rings (SSSR count). The molecular formula is C55H94O6. The van der Waals surface area contributed by atoms with Gasteiger partial charge in [0.2, 0.25) is 0 Å². The van der Waals surface area contributed by atoms with Crippen LogP contribution in [0.15, 0.2) is 72.9 Å². The van der Waals surface area contributed by atoms with Crippen molar-refractivity contribution in [2.75, 3.05) is 13.2 Å². The second kappa shape index (κ2) is 49.5. The Morgan fingerprint density at radius 2 is 0.656 bits per heavy atom. The molecule has 0 saturated heterocycles. The van der Waals surface area contributed by atoms with Crippen molar-refractivity contribution in [1.82, 2.24) is 0 Å². The van der Waals surface area contributed by atoms with Crippen LogP contribution in [0.4, 0.5) is 0 Å². The fourth-order valence-electron chi connectivity index (χ4n) is 6.91. The van der Waals surface area contributed by atoms with E-state index in [9.17, 15) is 14.4 Å². The summed E-state index contributed by atoms with van der Waals surface area (Å²) in [6.45, 7) is 6.44. The van der Waals surface area contributed by atoms with E-state index >= 15 is 0 Å². The number of unbranched alkanes of at least 4 members (excludes halogenated alkanes) is 25. The molecule has 1 atom stereocenters. The van der Waals surface area contributed by atoms with Gasteiger partial charge >= 0.3 is 17.9 Å². The van der Waals surface area contributed by atoms with Gasteiger partial charge in [-0.05, 0) is 89.9 Å². The Kier molecular flexibility index (Phi) is 46.9. The van der Waals surface area contributed by atoms with Crippen LogP contribution in [0.3, 0.4) is 0 Å². The fraction of sp³-hybridized carbons (Fsp3) is 0.727. The Bertz CT molecular complexity index is 1160. The lowest BCUT2D eigenvalue weighted by Crippen LogP contribution is -2.30. The van der Waals surface area contributed by atoms with Gasteiger partial charge in [-0.15, -0.1) is 0 Å². The molecule has 0 saturated carbocycles. The van der Waals surface area contributed by atoms with Gasteiger partial charge < -0.3 is 14.2 Å². The first-order valence-electron chi connectivity index (χ1n) is 25.5. The summed E-state index contributed by atoms with van der Waals surface area (Å²) in [7, 11) is 0. The van der Waals surface area contributed by atoms with E-state index in [0.717, 1.165) is 109 Å². The van der Waals surface area contributed by atoms with Crippen LogP contribution in [0, 0.1) is 0 Å². The third-order valence-electron chi connectivity index (χ3n) is 10.8. The van der Waals surface area contributed by atoms with Crippen LogP contribution in [0.2, 0.25) is 0 Å². The average molecular weight is 851 g/mol. The predicted octanol–water partition coefficient (Wildman–Crippen LogP) is 16.6. The second-order valence-electron chi connectivity index (χ2n) is 16.8. The zero-order valence-corrected chi connectivity index (χ0v) is 39.9. The standard InChI is InChI=1S/C55H94O6/c1-4-7-10-13-16-19-22-25-28-31-33-36-39-42-45-48-54(57)60-51-52(61-55(58)49-46-43-40-37-34-30-27-24-21-18-15-12-9-6-3)50-59-53(56)47-44-41-38-35-32-29-26-23-20-17-14-11-8-5-2/h7,10,13,16,19,22,25,28-30,32,34,52H,4-6,8-9,11-12,14-15,17-18,20-21,23-24,26-27,31,33,35-51H2,1-3H3/b10-7-,16-13-,22-19-,28-25-,32-29-,34-30-. The lowest BCUT2D eigenvalue weighted by atomic mass is 10.1. The van der Waals surface area contributed by atoms with Gasteiger partial charge in [0, 0.05) is 19.3 Å².